The standard InChI is InChI=1S/C27H36N4O5S/c1-16-21(37-15-29-16)18-8-6-17(7-9-18)11-28-23(33)20-10-19(32)12-31(20)24(34)22(26(2,3)4)30-25(35)27(5)13-36-14-27/h6-9,15,19-20,22,32H,10-14H2,1-5H3,(H,28,33)(H,30,35)/t19-,20+,22?/m1/s1. The van der Waals surface area contributed by atoms with E-state index >= 15 is 0 Å². The topological polar surface area (TPSA) is 121 Å². The maximum Gasteiger partial charge on any atom is 0.246 e. The van der Waals surface area contributed by atoms with Gasteiger partial charge in [0.15, 0.2) is 0 Å². The number of nitrogens with one attached hydrogen (secondary N) is 2. The minimum Gasteiger partial charge on any atom is -0.391 e. The minimum absolute atomic E-state index is 0.0443. The van der Waals surface area contributed by atoms with Gasteiger partial charge >= 0.3 is 0 Å². The molecule has 10 heteroatoms. The van der Waals surface area contributed by atoms with Crippen LogP contribution in [0.25, 0.3) is 10.4 Å². The molecule has 3 N–H and O–H groups in total. The van der Waals surface area contributed by atoms with Gasteiger partial charge in [-0.15, -0.1) is 11.3 Å². The van der Waals surface area contributed by atoms with Gasteiger partial charge in [0.25, 0.3) is 0 Å². The fourth-order valence-corrected chi connectivity index (χ4v) is 5.44. The Balaban J connectivity index is 1.42. The van der Waals surface area contributed by atoms with E-state index in [0.29, 0.717) is 19.8 Å². The summed E-state index contributed by atoms with van der Waals surface area (Å²) in [5, 5.41) is 16.2. The molecule has 2 fully saturated rings. The van der Waals surface area contributed by atoms with Gasteiger partial charge in [0.05, 0.1) is 40.8 Å². The van der Waals surface area contributed by atoms with Crippen LogP contribution in [-0.2, 0) is 25.7 Å². The second kappa shape index (κ2) is 10.5. The Hall–Kier alpha value is -2.82. The van der Waals surface area contributed by atoms with Gasteiger partial charge < -0.3 is 25.4 Å². The van der Waals surface area contributed by atoms with Crippen molar-refractivity contribution in [1.82, 2.24) is 20.5 Å². The number of ether oxygens (including phenoxy) is 1. The second-order valence-electron chi connectivity index (χ2n) is 11.4. The number of aryl methyl sites for hydroxylation is 1. The maximum absolute atomic E-state index is 13.7. The zero-order valence-corrected chi connectivity index (χ0v) is 22.9. The summed E-state index contributed by atoms with van der Waals surface area (Å²) in [6.07, 6.45) is -0.659. The number of thiazole rings is 1. The number of aliphatic hydroxyl groups is 1. The lowest BCUT2D eigenvalue weighted by molar-refractivity contribution is -0.161. The molecule has 0 bridgehead atoms. The largest absolute Gasteiger partial charge is 0.391 e. The van der Waals surface area contributed by atoms with Crippen LogP contribution < -0.4 is 10.6 Å². The van der Waals surface area contributed by atoms with Gasteiger partial charge in [0.2, 0.25) is 17.7 Å². The first-order chi connectivity index (χ1) is 17.4. The number of likely N-dealkylation sites (tertiary alicyclic amines) is 1. The number of rotatable bonds is 7. The monoisotopic (exact) mass is 528 g/mol. The van der Waals surface area contributed by atoms with E-state index in [2.05, 4.69) is 15.6 Å². The molecule has 2 saturated heterocycles. The fourth-order valence-electron chi connectivity index (χ4n) is 4.62. The molecule has 2 aliphatic rings. The van der Waals surface area contributed by atoms with Gasteiger partial charge in [-0.25, -0.2) is 4.98 Å². The number of carbonyl (C=O) groups is 3. The second-order valence-corrected chi connectivity index (χ2v) is 12.3. The Kier molecular flexibility index (Phi) is 7.73. The number of β-amino-alcohol motifs (C(OH)–C–C–N with tert-alkyl or cyclic N) is 1. The molecule has 0 aliphatic carbocycles. The van der Waals surface area contributed by atoms with E-state index < -0.39 is 29.0 Å². The number of aromatic nitrogens is 1. The molecule has 0 saturated carbocycles. The lowest BCUT2D eigenvalue weighted by atomic mass is 9.82. The van der Waals surface area contributed by atoms with Gasteiger partial charge in [0.1, 0.15) is 12.1 Å². The normalized spacial score (nSPS) is 21.7. The molecule has 4 rings (SSSR count). The molecule has 2 aliphatic heterocycles. The van der Waals surface area contributed by atoms with E-state index in [0.717, 1.165) is 21.7 Å². The molecular weight excluding hydrogens is 492 g/mol. The van der Waals surface area contributed by atoms with Crippen molar-refractivity contribution in [1.29, 1.82) is 0 Å². The van der Waals surface area contributed by atoms with E-state index in [4.69, 9.17) is 4.74 Å². The lowest BCUT2D eigenvalue weighted by Gasteiger charge is -2.40. The zero-order valence-electron chi connectivity index (χ0n) is 22.0. The van der Waals surface area contributed by atoms with E-state index in [-0.39, 0.29) is 30.7 Å². The number of benzene rings is 1. The molecule has 3 heterocycles. The number of hydrogen-bond acceptors (Lipinski definition) is 7. The van der Waals surface area contributed by atoms with E-state index in [9.17, 15) is 19.5 Å². The lowest BCUT2D eigenvalue weighted by Crippen LogP contribution is -2.62. The minimum atomic E-state index is -0.847. The van der Waals surface area contributed by atoms with Crippen LogP contribution in [0.4, 0.5) is 0 Å². The smallest absolute Gasteiger partial charge is 0.246 e. The summed E-state index contributed by atoms with van der Waals surface area (Å²) in [5.74, 6) is -0.943. The molecular formula is C27H36N4O5S. The summed E-state index contributed by atoms with van der Waals surface area (Å²) in [6, 6.07) is 6.25. The molecule has 200 valence electrons. The highest BCUT2D eigenvalue weighted by molar-refractivity contribution is 7.13. The van der Waals surface area contributed by atoms with E-state index in [1.807, 2.05) is 57.5 Å². The predicted octanol–water partition coefficient (Wildman–Crippen LogP) is 2.26. The van der Waals surface area contributed by atoms with Crippen LogP contribution in [0.2, 0.25) is 0 Å². The third kappa shape index (κ3) is 5.86. The summed E-state index contributed by atoms with van der Waals surface area (Å²) >= 11 is 1.59. The van der Waals surface area contributed by atoms with E-state index in [1.54, 1.807) is 18.3 Å². The molecule has 3 atom stereocenters. The highest BCUT2D eigenvalue weighted by atomic mass is 32.1. The van der Waals surface area contributed by atoms with Crippen molar-refractivity contribution in [3.05, 3.63) is 41.0 Å². The molecule has 9 nitrogen and oxygen atoms in total. The van der Waals surface area contributed by atoms with Crippen molar-refractivity contribution in [2.24, 2.45) is 10.8 Å². The first kappa shape index (κ1) is 27.2. The van der Waals surface area contributed by atoms with Gasteiger partial charge in [-0.1, -0.05) is 45.0 Å². The number of amides is 3. The highest BCUT2D eigenvalue weighted by Crippen LogP contribution is 2.31. The molecule has 37 heavy (non-hydrogen) atoms. The Bertz CT molecular complexity index is 1150. The third-order valence-corrected chi connectivity index (χ3v) is 8.05. The van der Waals surface area contributed by atoms with Gasteiger partial charge in [-0.2, -0.15) is 0 Å². The van der Waals surface area contributed by atoms with Crippen LogP contribution in [0.1, 0.15) is 45.4 Å². The third-order valence-electron chi connectivity index (χ3n) is 7.07. The molecule has 3 amide bonds. The number of nitrogens with zero attached hydrogens (tertiary/aromatic N) is 2. The number of carbonyl (C=O) groups excluding carboxylic acids is 3. The van der Waals surface area contributed by atoms with Crippen molar-refractivity contribution in [2.45, 2.75) is 65.8 Å². The van der Waals surface area contributed by atoms with Crippen LogP contribution in [0.3, 0.4) is 0 Å². The van der Waals surface area contributed by atoms with Crippen LogP contribution in [0.15, 0.2) is 29.8 Å². The van der Waals surface area contributed by atoms with Gasteiger partial charge in [-0.05, 0) is 30.4 Å². The molecule has 1 aromatic carbocycles. The summed E-state index contributed by atoms with van der Waals surface area (Å²) in [6.45, 7) is 10.3. The summed E-state index contributed by atoms with van der Waals surface area (Å²) in [4.78, 5) is 46.5. The van der Waals surface area contributed by atoms with Crippen molar-refractivity contribution < 1.29 is 24.2 Å². The van der Waals surface area contributed by atoms with Crippen LogP contribution in [0, 0.1) is 17.8 Å². The highest BCUT2D eigenvalue weighted by Gasteiger charge is 2.47. The van der Waals surface area contributed by atoms with Crippen LogP contribution >= 0.6 is 11.3 Å². The average Bonchev–Trinajstić information content (AvgIpc) is 3.43. The average molecular weight is 529 g/mol. The quantitative estimate of drug-likeness (QED) is 0.507. The Morgan fingerprint density at radius 2 is 1.92 bits per heavy atom. The fraction of sp³-hybridized carbons (Fsp3) is 0.556. The van der Waals surface area contributed by atoms with Crippen molar-refractivity contribution >= 4 is 29.1 Å². The Morgan fingerprint density at radius 3 is 2.46 bits per heavy atom. The summed E-state index contributed by atoms with van der Waals surface area (Å²) in [5.41, 5.74) is 3.53. The number of aliphatic hydroxyl groups excluding tert-OH is 1. The molecule has 0 spiro atoms. The van der Waals surface area contributed by atoms with Crippen molar-refractivity contribution in [2.75, 3.05) is 19.8 Å². The van der Waals surface area contributed by atoms with Gasteiger partial charge in [-0.3, -0.25) is 14.4 Å². The zero-order chi connectivity index (χ0) is 27.0. The maximum atomic E-state index is 13.7. The molecule has 1 aromatic heterocycles. The number of hydrogen-bond donors (Lipinski definition) is 3. The van der Waals surface area contributed by atoms with E-state index in [1.165, 1.54) is 4.90 Å². The molecule has 2 aromatic rings. The first-order valence-corrected chi connectivity index (χ1v) is 13.4. The summed E-state index contributed by atoms with van der Waals surface area (Å²) < 4.78 is 5.20. The molecule has 0 radical (unpaired) electrons. The SMILES string of the molecule is Cc1ncsc1-c1ccc(CNC(=O)[C@@H]2C[C@@H](O)CN2C(=O)C(NC(=O)C2(C)COC2)C(C)(C)C)cc1. The first-order valence-electron chi connectivity index (χ1n) is 12.5. The van der Waals surface area contributed by atoms with Crippen molar-refractivity contribution in [3.8, 4) is 10.4 Å². The summed E-state index contributed by atoms with van der Waals surface area (Å²) in [7, 11) is 0. The van der Waals surface area contributed by atoms with Gasteiger partial charge in [0, 0.05) is 19.5 Å². The van der Waals surface area contributed by atoms with Crippen LogP contribution in [-0.4, -0.2) is 70.7 Å². The van der Waals surface area contributed by atoms with Crippen LogP contribution in [0.5, 0.6) is 0 Å². The Labute approximate surface area is 221 Å². The van der Waals surface area contributed by atoms with Crippen molar-refractivity contribution in [3.63, 3.8) is 0 Å². The molecule has 1 unspecified atom stereocenters. The Morgan fingerprint density at radius 1 is 1.24 bits per heavy atom. The predicted molar refractivity (Wildman–Crippen MR) is 141 cm³/mol.